The summed E-state index contributed by atoms with van der Waals surface area (Å²) in [6, 6.07) is 32.5. The second kappa shape index (κ2) is 11.2. The van der Waals surface area contributed by atoms with Gasteiger partial charge in [-0.2, -0.15) is 5.26 Å². The molecule has 1 heterocycles. The number of amides is 1. The lowest BCUT2D eigenvalue weighted by Gasteiger charge is -2.40. The molecule has 4 aromatic carbocycles. The Bertz CT molecular complexity index is 1510. The molecule has 0 aliphatic carbocycles. The van der Waals surface area contributed by atoms with Crippen LogP contribution < -0.4 is 9.47 Å². The molecule has 4 aromatic rings. The highest BCUT2D eigenvalue weighted by molar-refractivity contribution is 5.91. The van der Waals surface area contributed by atoms with Crippen molar-refractivity contribution >= 4 is 16.7 Å². The van der Waals surface area contributed by atoms with Crippen LogP contribution in [0.3, 0.4) is 0 Å². The van der Waals surface area contributed by atoms with Gasteiger partial charge < -0.3 is 14.4 Å². The van der Waals surface area contributed by atoms with Crippen molar-refractivity contribution in [1.82, 2.24) is 4.90 Å². The molecule has 1 amide bonds. The standard InChI is InChI=1S/C34H34N2O3/c1-34(23-35,33(37)36-21-19-25(20-22-36)27-14-6-8-17-30(27)38-2)32(29-15-7-9-18-31(29)39-3)28-16-10-12-24-11-4-5-13-26(24)28/h4-18,25,32H,19-22H2,1-3H3/t32-,34+/m0/s1. The van der Waals surface area contributed by atoms with Gasteiger partial charge in [-0.25, -0.2) is 0 Å². The molecule has 198 valence electrons. The minimum atomic E-state index is -1.35. The van der Waals surface area contributed by atoms with Crippen LogP contribution >= 0.6 is 0 Å². The number of hydrogen-bond donors (Lipinski definition) is 0. The Labute approximate surface area is 230 Å². The van der Waals surface area contributed by atoms with Gasteiger partial charge >= 0.3 is 0 Å². The molecule has 0 aromatic heterocycles. The van der Waals surface area contributed by atoms with Crippen molar-refractivity contribution in [2.45, 2.75) is 31.6 Å². The lowest BCUT2D eigenvalue weighted by Crippen LogP contribution is -2.48. The predicted molar refractivity (Wildman–Crippen MR) is 154 cm³/mol. The van der Waals surface area contributed by atoms with Gasteiger partial charge in [-0.05, 0) is 59.7 Å². The van der Waals surface area contributed by atoms with E-state index in [0.717, 1.165) is 40.5 Å². The van der Waals surface area contributed by atoms with Crippen molar-refractivity contribution in [3.8, 4) is 17.6 Å². The second-order valence-electron chi connectivity index (χ2n) is 10.4. The van der Waals surface area contributed by atoms with Crippen molar-refractivity contribution in [2.75, 3.05) is 27.3 Å². The number of rotatable bonds is 7. The number of nitrogens with zero attached hydrogens (tertiary/aromatic N) is 2. The van der Waals surface area contributed by atoms with E-state index in [1.165, 1.54) is 5.56 Å². The van der Waals surface area contributed by atoms with Crippen LogP contribution in [0.2, 0.25) is 0 Å². The third-order valence-corrected chi connectivity index (χ3v) is 8.20. The average Bonchev–Trinajstić information content (AvgIpc) is 3.01. The van der Waals surface area contributed by atoms with Crippen molar-refractivity contribution in [2.24, 2.45) is 5.41 Å². The molecule has 5 rings (SSSR count). The predicted octanol–water partition coefficient (Wildman–Crippen LogP) is 6.92. The molecular formula is C34H34N2O3. The molecule has 1 saturated heterocycles. The van der Waals surface area contributed by atoms with Gasteiger partial charge in [0.25, 0.3) is 0 Å². The van der Waals surface area contributed by atoms with Crippen molar-refractivity contribution < 1.29 is 14.3 Å². The topological polar surface area (TPSA) is 62.6 Å². The highest BCUT2D eigenvalue weighted by Crippen LogP contribution is 2.48. The summed E-state index contributed by atoms with van der Waals surface area (Å²) in [7, 11) is 3.33. The monoisotopic (exact) mass is 518 g/mol. The molecule has 0 N–H and O–H groups in total. The van der Waals surface area contributed by atoms with E-state index in [9.17, 15) is 10.1 Å². The summed E-state index contributed by atoms with van der Waals surface area (Å²) in [5.41, 5.74) is 1.60. The fourth-order valence-electron chi connectivity index (χ4n) is 6.16. The number of likely N-dealkylation sites (tertiary alicyclic amines) is 1. The summed E-state index contributed by atoms with van der Waals surface area (Å²) in [4.78, 5) is 16.3. The van der Waals surface area contributed by atoms with Gasteiger partial charge in [0, 0.05) is 24.6 Å². The maximum Gasteiger partial charge on any atom is 0.243 e. The van der Waals surface area contributed by atoms with E-state index >= 15 is 0 Å². The smallest absolute Gasteiger partial charge is 0.243 e. The molecule has 1 fully saturated rings. The Morgan fingerprint density at radius 1 is 0.846 bits per heavy atom. The van der Waals surface area contributed by atoms with Crippen molar-refractivity contribution in [3.05, 3.63) is 108 Å². The number of para-hydroxylation sites is 2. The van der Waals surface area contributed by atoms with E-state index < -0.39 is 11.3 Å². The van der Waals surface area contributed by atoms with Crippen LogP contribution in [0.4, 0.5) is 0 Å². The van der Waals surface area contributed by atoms with E-state index in [2.05, 4.69) is 30.3 Å². The first-order chi connectivity index (χ1) is 19.0. The van der Waals surface area contributed by atoms with Gasteiger partial charge in [-0.3, -0.25) is 4.79 Å². The van der Waals surface area contributed by atoms with Crippen molar-refractivity contribution in [3.63, 3.8) is 0 Å². The van der Waals surface area contributed by atoms with Crippen LogP contribution in [0.15, 0.2) is 91.0 Å². The number of methoxy groups -OCH3 is 2. The molecule has 0 saturated carbocycles. The number of carbonyl (C=O) groups excluding carboxylic acids is 1. The van der Waals surface area contributed by atoms with Crippen molar-refractivity contribution in [1.29, 1.82) is 5.26 Å². The number of fused-ring (bicyclic) bond motifs is 1. The molecule has 39 heavy (non-hydrogen) atoms. The van der Waals surface area contributed by atoms with Gasteiger partial charge in [0.15, 0.2) is 0 Å². The fourth-order valence-corrected chi connectivity index (χ4v) is 6.16. The number of hydrogen-bond acceptors (Lipinski definition) is 4. The quantitative estimate of drug-likeness (QED) is 0.266. The van der Waals surface area contributed by atoms with Gasteiger partial charge in [0.05, 0.1) is 20.3 Å². The van der Waals surface area contributed by atoms with Crippen LogP contribution in [0.1, 0.15) is 48.3 Å². The number of carbonyl (C=O) groups is 1. The SMILES string of the molecule is COc1ccccc1C1CCN(C(=O)[C@](C)(C#N)[C@H](c2ccccc2OC)c2cccc3ccccc23)CC1. The lowest BCUT2D eigenvalue weighted by molar-refractivity contribution is -0.140. The van der Waals surface area contributed by atoms with Crippen LogP contribution in [-0.4, -0.2) is 38.1 Å². The number of piperidine rings is 1. The summed E-state index contributed by atoms with van der Waals surface area (Å²) in [6.07, 6.45) is 1.64. The normalized spacial score (nSPS) is 16.2. The number of ether oxygens (including phenoxy) is 2. The fraction of sp³-hybridized carbons (Fsp3) is 0.294. The summed E-state index contributed by atoms with van der Waals surface area (Å²) < 4.78 is 11.4. The maximum absolute atomic E-state index is 14.4. The molecule has 0 unspecified atom stereocenters. The third kappa shape index (κ3) is 4.83. The van der Waals surface area contributed by atoms with Crippen LogP contribution in [0.25, 0.3) is 10.8 Å². The highest BCUT2D eigenvalue weighted by atomic mass is 16.5. The van der Waals surface area contributed by atoms with Crippen LogP contribution in [0, 0.1) is 16.7 Å². The zero-order chi connectivity index (χ0) is 27.4. The molecular weight excluding hydrogens is 484 g/mol. The molecule has 5 nitrogen and oxygen atoms in total. The molecule has 2 atom stereocenters. The first-order valence-electron chi connectivity index (χ1n) is 13.5. The lowest BCUT2D eigenvalue weighted by atomic mass is 9.68. The molecule has 0 bridgehead atoms. The van der Waals surface area contributed by atoms with Crippen LogP contribution in [0.5, 0.6) is 11.5 Å². The van der Waals surface area contributed by atoms with E-state index in [1.807, 2.05) is 71.6 Å². The minimum absolute atomic E-state index is 0.146. The van der Waals surface area contributed by atoms with E-state index in [-0.39, 0.29) is 5.91 Å². The zero-order valence-corrected chi connectivity index (χ0v) is 22.8. The van der Waals surface area contributed by atoms with Gasteiger partial charge in [-0.15, -0.1) is 0 Å². The third-order valence-electron chi connectivity index (χ3n) is 8.20. The van der Waals surface area contributed by atoms with Gasteiger partial charge in [0.2, 0.25) is 5.91 Å². The Kier molecular flexibility index (Phi) is 7.56. The Morgan fingerprint density at radius 3 is 2.15 bits per heavy atom. The molecule has 5 heteroatoms. The highest BCUT2D eigenvalue weighted by Gasteiger charge is 2.47. The van der Waals surface area contributed by atoms with Gasteiger partial charge in [0.1, 0.15) is 16.9 Å². The first kappa shape index (κ1) is 26.3. The summed E-state index contributed by atoms with van der Waals surface area (Å²) in [6.45, 7) is 2.97. The Morgan fingerprint density at radius 2 is 1.44 bits per heavy atom. The van der Waals surface area contributed by atoms with E-state index in [1.54, 1.807) is 21.1 Å². The summed E-state index contributed by atoms with van der Waals surface area (Å²) in [5.74, 6) is 1.19. The largest absolute Gasteiger partial charge is 0.496 e. The molecule has 1 aliphatic heterocycles. The maximum atomic E-state index is 14.4. The number of nitriles is 1. The minimum Gasteiger partial charge on any atom is -0.496 e. The number of benzene rings is 4. The van der Waals surface area contributed by atoms with Crippen LogP contribution in [-0.2, 0) is 4.79 Å². The summed E-state index contributed by atoms with van der Waals surface area (Å²) in [5, 5.41) is 12.9. The zero-order valence-electron chi connectivity index (χ0n) is 22.8. The Hall–Kier alpha value is -4.30. The van der Waals surface area contributed by atoms with Gasteiger partial charge in [-0.1, -0.05) is 78.9 Å². The molecule has 0 radical (unpaired) electrons. The van der Waals surface area contributed by atoms with E-state index in [0.29, 0.717) is 24.8 Å². The molecule has 0 spiro atoms. The molecule has 1 aliphatic rings. The average molecular weight is 519 g/mol. The summed E-state index contributed by atoms with van der Waals surface area (Å²) >= 11 is 0. The Balaban J connectivity index is 1.54. The first-order valence-corrected chi connectivity index (χ1v) is 13.5. The second-order valence-corrected chi connectivity index (χ2v) is 10.4. The van der Waals surface area contributed by atoms with E-state index in [4.69, 9.17) is 9.47 Å².